The van der Waals surface area contributed by atoms with Crippen LogP contribution in [0, 0.1) is 24.1 Å². The van der Waals surface area contributed by atoms with Gasteiger partial charge in [0.1, 0.15) is 17.5 Å². The largest absolute Gasteiger partial charge is 0.321 e. The van der Waals surface area contributed by atoms with Crippen molar-refractivity contribution in [1.29, 1.82) is 5.26 Å². The van der Waals surface area contributed by atoms with Crippen molar-refractivity contribution in [2.45, 2.75) is 6.92 Å². The summed E-state index contributed by atoms with van der Waals surface area (Å²) in [4.78, 5) is 16.6. The van der Waals surface area contributed by atoms with Crippen molar-refractivity contribution in [2.75, 3.05) is 5.32 Å². The lowest BCUT2D eigenvalue weighted by atomic mass is 10.1. The first kappa shape index (κ1) is 17.6. The molecule has 3 rings (SSSR count). The average molecular weight is 370 g/mol. The number of anilines is 1. The van der Waals surface area contributed by atoms with E-state index in [1.54, 1.807) is 17.9 Å². The zero-order chi connectivity index (χ0) is 18.8. The van der Waals surface area contributed by atoms with Crippen molar-refractivity contribution >= 4 is 40.3 Å². The van der Waals surface area contributed by atoms with Gasteiger partial charge in [-0.15, -0.1) is 0 Å². The number of carbonyl (C=O) groups excluding carboxylic acids is 1. The maximum Gasteiger partial charge on any atom is 0.266 e. The van der Waals surface area contributed by atoms with Crippen LogP contribution in [0.2, 0.25) is 5.02 Å². The lowest BCUT2D eigenvalue weighted by Crippen LogP contribution is -2.13. The van der Waals surface area contributed by atoms with E-state index < -0.39 is 11.7 Å². The highest BCUT2D eigenvalue weighted by atomic mass is 35.5. The molecule has 0 bridgehead atoms. The van der Waals surface area contributed by atoms with Crippen LogP contribution in [0.15, 0.2) is 36.0 Å². The number of hydrogen-bond acceptors (Lipinski definition) is 4. The number of carbonyl (C=O) groups is 1. The van der Waals surface area contributed by atoms with Crippen molar-refractivity contribution in [3.8, 4) is 6.07 Å². The molecular formula is C18H13ClFN5O. The van der Waals surface area contributed by atoms with Gasteiger partial charge in [-0.1, -0.05) is 11.6 Å². The minimum absolute atomic E-state index is 0.117. The van der Waals surface area contributed by atoms with E-state index in [2.05, 4.69) is 15.4 Å². The van der Waals surface area contributed by atoms with E-state index in [1.807, 2.05) is 19.1 Å². The van der Waals surface area contributed by atoms with Crippen LogP contribution in [0.4, 0.5) is 10.1 Å². The number of pyridine rings is 1. The zero-order valence-electron chi connectivity index (χ0n) is 13.9. The van der Waals surface area contributed by atoms with E-state index in [0.717, 1.165) is 17.1 Å². The second-order valence-corrected chi connectivity index (χ2v) is 6.01. The van der Waals surface area contributed by atoms with E-state index in [1.165, 1.54) is 18.2 Å². The highest BCUT2D eigenvalue weighted by molar-refractivity contribution is 6.31. The maximum atomic E-state index is 13.2. The van der Waals surface area contributed by atoms with Crippen molar-refractivity contribution < 1.29 is 9.18 Å². The lowest BCUT2D eigenvalue weighted by Gasteiger charge is -2.05. The Kier molecular flexibility index (Phi) is 4.69. The Balaban J connectivity index is 1.90. The molecule has 0 aliphatic rings. The summed E-state index contributed by atoms with van der Waals surface area (Å²) < 4.78 is 14.8. The molecule has 8 heteroatoms. The summed E-state index contributed by atoms with van der Waals surface area (Å²) in [5, 5.41) is 16.8. The van der Waals surface area contributed by atoms with Crippen molar-refractivity contribution in [1.82, 2.24) is 14.8 Å². The summed E-state index contributed by atoms with van der Waals surface area (Å²) in [7, 11) is 1.79. The number of aryl methyl sites for hydroxylation is 2. The van der Waals surface area contributed by atoms with Crippen LogP contribution in [0.5, 0.6) is 0 Å². The number of nitrogens with zero attached hydrogens (tertiary/aromatic N) is 4. The quantitative estimate of drug-likeness (QED) is 0.564. The summed E-state index contributed by atoms with van der Waals surface area (Å²) in [6.45, 7) is 1.85. The van der Waals surface area contributed by atoms with Gasteiger partial charge < -0.3 is 5.32 Å². The second-order valence-electron chi connectivity index (χ2n) is 5.60. The monoisotopic (exact) mass is 369 g/mol. The van der Waals surface area contributed by atoms with Gasteiger partial charge in [0, 0.05) is 24.3 Å². The van der Waals surface area contributed by atoms with E-state index >= 15 is 0 Å². The van der Waals surface area contributed by atoms with Gasteiger partial charge >= 0.3 is 0 Å². The number of halogens is 2. The molecule has 0 fully saturated rings. The maximum absolute atomic E-state index is 13.2. The molecule has 2 heterocycles. The topological polar surface area (TPSA) is 83.6 Å². The number of hydrogen-bond donors (Lipinski definition) is 1. The van der Waals surface area contributed by atoms with Gasteiger partial charge in [-0.25, -0.2) is 9.37 Å². The van der Waals surface area contributed by atoms with Gasteiger partial charge in [0.05, 0.1) is 10.7 Å². The molecule has 0 saturated carbocycles. The van der Waals surface area contributed by atoms with E-state index in [-0.39, 0.29) is 10.6 Å². The van der Waals surface area contributed by atoms with Crippen LogP contribution in [-0.4, -0.2) is 20.7 Å². The summed E-state index contributed by atoms with van der Waals surface area (Å²) in [5.74, 6) is -1.22. The molecule has 1 amide bonds. The number of aromatic nitrogens is 3. The van der Waals surface area contributed by atoms with Crippen LogP contribution in [-0.2, 0) is 11.8 Å². The predicted molar refractivity (Wildman–Crippen MR) is 96.9 cm³/mol. The van der Waals surface area contributed by atoms with E-state index in [0.29, 0.717) is 16.9 Å². The molecule has 0 radical (unpaired) electrons. The van der Waals surface area contributed by atoms with E-state index in [4.69, 9.17) is 11.6 Å². The molecule has 1 aromatic carbocycles. The molecular weight excluding hydrogens is 357 g/mol. The van der Waals surface area contributed by atoms with Crippen LogP contribution < -0.4 is 5.32 Å². The molecule has 0 atom stereocenters. The number of amides is 1. The number of nitriles is 1. The Morgan fingerprint density at radius 3 is 2.88 bits per heavy atom. The molecule has 2 aromatic heterocycles. The Bertz CT molecular complexity index is 1100. The minimum Gasteiger partial charge on any atom is -0.321 e. The highest BCUT2D eigenvalue weighted by Crippen LogP contribution is 2.21. The van der Waals surface area contributed by atoms with Gasteiger partial charge in [0.25, 0.3) is 5.91 Å². The fourth-order valence-corrected chi connectivity index (χ4v) is 2.67. The number of nitrogens with one attached hydrogen (secondary N) is 1. The standard InChI is InChI=1S/C18H13ClFN5O/c1-10-14-6-11(9-22-17(14)25(2)24-10)5-12(8-21)18(26)23-13-3-4-16(20)15(19)7-13/h3-7,9H,1-2H3,(H,23,26)/b12-5+. The summed E-state index contributed by atoms with van der Waals surface area (Å²) in [6.07, 6.45) is 2.99. The first-order valence-electron chi connectivity index (χ1n) is 7.56. The fourth-order valence-electron chi connectivity index (χ4n) is 2.49. The molecule has 0 spiro atoms. The molecule has 3 aromatic rings. The zero-order valence-corrected chi connectivity index (χ0v) is 14.7. The predicted octanol–water partition coefficient (Wildman–Crippen LogP) is 3.61. The minimum atomic E-state index is -0.627. The van der Waals surface area contributed by atoms with Crippen molar-refractivity contribution in [2.24, 2.45) is 7.05 Å². The van der Waals surface area contributed by atoms with Crippen LogP contribution in [0.25, 0.3) is 17.1 Å². The van der Waals surface area contributed by atoms with Crippen molar-refractivity contribution in [3.63, 3.8) is 0 Å². The lowest BCUT2D eigenvalue weighted by molar-refractivity contribution is -0.112. The molecule has 0 unspecified atom stereocenters. The summed E-state index contributed by atoms with van der Waals surface area (Å²) in [5.41, 5.74) is 2.28. The van der Waals surface area contributed by atoms with Crippen LogP contribution in [0.1, 0.15) is 11.3 Å². The van der Waals surface area contributed by atoms with Crippen LogP contribution >= 0.6 is 11.6 Å². The third-order valence-corrected chi connectivity index (χ3v) is 4.03. The number of fused-ring (bicyclic) bond motifs is 1. The first-order valence-corrected chi connectivity index (χ1v) is 7.94. The molecule has 0 aliphatic carbocycles. The van der Waals surface area contributed by atoms with Gasteiger partial charge in [-0.2, -0.15) is 10.4 Å². The Hall–Kier alpha value is -3.24. The summed E-state index contributed by atoms with van der Waals surface area (Å²) in [6, 6.07) is 7.44. The number of benzene rings is 1. The van der Waals surface area contributed by atoms with Crippen LogP contribution in [0.3, 0.4) is 0 Å². The molecule has 1 N–H and O–H groups in total. The van der Waals surface area contributed by atoms with Crippen molar-refractivity contribution in [3.05, 3.63) is 58.1 Å². The fraction of sp³-hybridized carbons (Fsp3) is 0.111. The normalized spacial score (nSPS) is 11.4. The Morgan fingerprint density at radius 1 is 1.42 bits per heavy atom. The average Bonchev–Trinajstić information content (AvgIpc) is 2.89. The van der Waals surface area contributed by atoms with Gasteiger partial charge in [0.15, 0.2) is 5.65 Å². The van der Waals surface area contributed by atoms with E-state index in [9.17, 15) is 14.4 Å². The van der Waals surface area contributed by atoms with Gasteiger partial charge in [0.2, 0.25) is 0 Å². The smallest absolute Gasteiger partial charge is 0.266 e. The molecule has 0 saturated heterocycles. The third-order valence-electron chi connectivity index (χ3n) is 3.74. The van der Waals surface area contributed by atoms with Gasteiger partial charge in [-0.3, -0.25) is 9.48 Å². The van der Waals surface area contributed by atoms with Gasteiger partial charge in [-0.05, 0) is 42.8 Å². The summed E-state index contributed by atoms with van der Waals surface area (Å²) >= 11 is 5.69. The molecule has 26 heavy (non-hydrogen) atoms. The molecule has 0 aliphatic heterocycles. The molecule has 6 nitrogen and oxygen atoms in total. The SMILES string of the molecule is Cc1nn(C)c2ncc(/C=C(\C#N)C(=O)Nc3ccc(F)c(Cl)c3)cc12. The second kappa shape index (κ2) is 6.94. The Morgan fingerprint density at radius 2 is 2.19 bits per heavy atom. The molecule has 130 valence electrons. The Labute approximate surface area is 153 Å². The highest BCUT2D eigenvalue weighted by Gasteiger charge is 2.12. The first-order chi connectivity index (χ1) is 12.4. The number of rotatable bonds is 3. The third kappa shape index (κ3) is 3.41.